The van der Waals surface area contributed by atoms with Crippen molar-refractivity contribution in [2.45, 2.75) is 38.3 Å². The molecule has 5 heteroatoms. The quantitative estimate of drug-likeness (QED) is 0.875. The van der Waals surface area contributed by atoms with Crippen molar-refractivity contribution < 1.29 is 9.53 Å². The van der Waals surface area contributed by atoms with Crippen molar-refractivity contribution in [3.05, 3.63) is 30.3 Å². The maximum Gasteiger partial charge on any atom is 0.237 e. The molecular formula is C15H23ClN2O2. The predicted octanol–water partition coefficient (Wildman–Crippen LogP) is 2.13. The molecule has 4 nitrogen and oxygen atoms in total. The summed E-state index contributed by atoms with van der Waals surface area (Å²) in [6.07, 6.45) is 1.99. The van der Waals surface area contributed by atoms with E-state index in [1.54, 1.807) is 0 Å². The minimum atomic E-state index is -0.421. The molecule has 0 spiro atoms. The van der Waals surface area contributed by atoms with Gasteiger partial charge in [-0.2, -0.15) is 0 Å². The summed E-state index contributed by atoms with van der Waals surface area (Å²) in [5, 5.41) is 6.15. The zero-order chi connectivity index (χ0) is 13.7. The first-order valence-electron chi connectivity index (χ1n) is 6.82. The van der Waals surface area contributed by atoms with Crippen molar-refractivity contribution in [3.63, 3.8) is 0 Å². The van der Waals surface area contributed by atoms with Crippen LogP contribution in [0.5, 0.6) is 5.75 Å². The van der Waals surface area contributed by atoms with E-state index in [0.717, 1.165) is 25.1 Å². The van der Waals surface area contributed by atoms with E-state index in [0.29, 0.717) is 6.54 Å². The van der Waals surface area contributed by atoms with Gasteiger partial charge < -0.3 is 15.4 Å². The first-order valence-corrected chi connectivity index (χ1v) is 6.82. The highest BCUT2D eigenvalue weighted by Gasteiger charge is 2.25. The molecule has 1 unspecified atom stereocenters. The zero-order valence-electron chi connectivity index (χ0n) is 12.0. The van der Waals surface area contributed by atoms with Crippen LogP contribution >= 0.6 is 12.4 Å². The van der Waals surface area contributed by atoms with Crippen LogP contribution in [-0.2, 0) is 4.79 Å². The van der Waals surface area contributed by atoms with Crippen LogP contribution in [0.25, 0.3) is 0 Å². The molecule has 0 saturated carbocycles. The molecule has 0 bridgehead atoms. The monoisotopic (exact) mass is 298 g/mol. The molecule has 1 fully saturated rings. The summed E-state index contributed by atoms with van der Waals surface area (Å²) in [6, 6.07) is 9.63. The molecule has 1 aromatic rings. The summed E-state index contributed by atoms with van der Waals surface area (Å²) < 4.78 is 5.88. The number of amides is 1. The van der Waals surface area contributed by atoms with Gasteiger partial charge in [-0.25, -0.2) is 0 Å². The normalized spacial score (nSPS) is 18.2. The van der Waals surface area contributed by atoms with Gasteiger partial charge in [-0.15, -0.1) is 12.4 Å². The van der Waals surface area contributed by atoms with Crippen molar-refractivity contribution in [1.82, 2.24) is 10.6 Å². The average molecular weight is 299 g/mol. The number of benzene rings is 1. The maximum absolute atomic E-state index is 11.9. The highest BCUT2D eigenvalue weighted by Crippen LogP contribution is 2.17. The summed E-state index contributed by atoms with van der Waals surface area (Å²) in [6.45, 7) is 5.38. The number of carbonyl (C=O) groups excluding carboxylic acids is 1. The Labute approximate surface area is 126 Å². The Bertz CT molecular complexity index is 417. The van der Waals surface area contributed by atoms with Gasteiger partial charge in [0.25, 0.3) is 0 Å². The second-order valence-corrected chi connectivity index (χ2v) is 5.54. The Morgan fingerprint density at radius 3 is 2.70 bits per heavy atom. The third-order valence-electron chi connectivity index (χ3n) is 3.20. The Balaban J connectivity index is 0.00000200. The summed E-state index contributed by atoms with van der Waals surface area (Å²) in [7, 11) is 0. The molecule has 1 aromatic carbocycles. The fourth-order valence-electron chi connectivity index (χ4n) is 2.18. The van der Waals surface area contributed by atoms with Gasteiger partial charge in [-0.1, -0.05) is 18.2 Å². The molecule has 1 heterocycles. The number of carbonyl (C=O) groups is 1. The van der Waals surface area contributed by atoms with E-state index in [1.165, 1.54) is 0 Å². The molecule has 0 aromatic heterocycles. The Morgan fingerprint density at radius 1 is 1.40 bits per heavy atom. The molecule has 112 valence electrons. The lowest BCUT2D eigenvalue weighted by Crippen LogP contribution is -2.48. The van der Waals surface area contributed by atoms with Crippen LogP contribution in [0.4, 0.5) is 0 Å². The van der Waals surface area contributed by atoms with Gasteiger partial charge in [0.05, 0.1) is 12.6 Å². The largest absolute Gasteiger partial charge is 0.486 e. The molecule has 20 heavy (non-hydrogen) atoms. The van der Waals surface area contributed by atoms with Gasteiger partial charge in [0, 0.05) is 0 Å². The van der Waals surface area contributed by atoms with E-state index in [1.807, 2.05) is 44.2 Å². The highest BCUT2D eigenvalue weighted by molar-refractivity contribution is 5.85. The smallest absolute Gasteiger partial charge is 0.237 e. The number of halogens is 1. The van der Waals surface area contributed by atoms with Crippen LogP contribution in [0.15, 0.2) is 30.3 Å². The summed E-state index contributed by atoms with van der Waals surface area (Å²) in [5.41, 5.74) is -0.421. The number of ether oxygens (including phenoxy) is 1. The first-order chi connectivity index (χ1) is 9.07. The van der Waals surface area contributed by atoms with Gasteiger partial charge in [0.2, 0.25) is 5.91 Å². The van der Waals surface area contributed by atoms with Crippen molar-refractivity contribution in [2.75, 3.05) is 13.1 Å². The third kappa shape index (κ3) is 5.02. The van der Waals surface area contributed by atoms with Gasteiger partial charge in [-0.3, -0.25) is 4.79 Å². The lowest BCUT2D eigenvalue weighted by molar-refractivity contribution is -0.123. The van der Waals surface area contributed by atoms with Gasteiger partial charge in [0.15, 0.2) is 0 Å². The average Bonchev–Trinajstić information content (AvgIpc) is 2.91. The van der Waals surface area contributed by atoms with Crippen molar-refractivity contribution in [2.24, 2.45) is 0 Å². The molecule has 1 saturated heterocycles. The zero-order valence-corrected chi connectivity index (χ0v) is 12.8. The minimum Gasteiger partial charge on any atom is -0.486 e. The Kier molecular flexibility index (Phi) is 6.30. The van der Waals surface area contributed by atoms with Gasteiger partial charge >= 0.3 is 0 Å². The number of nitrogens with one attached hydrogen (secondary N) is 2. The second-order valence-electron chi connectivity index (χ2n) is 5.54. The second kappa shape index (κ2) is 7.50. The van der Waals surface area contributed by atoms with E-state index in [-0.39, 0.29) is 24.4 Å². The van der Waals surface area contributed by atoms with Crippen LogP contribution in [0.3, 0.4) is 0 Å². The van der Waals surface area contributed by atoms with Crippen LogP contribution < -0.4 is 15.4 Å². The molecular weight excluding hydrogens is 276 g/mol. The van der Waals surface area contributed by atoms with E-state index in [2.05, 4.69) is 10.6 Å². The number of rotatable bonds is 5. The van der Waals surface area contributed by atoms with E-state index in [9.17, 15) is 4.79 Å². The van der Waals surface area contributed by atoms with Gasteiger partial charge in [0.1, 0.15) is 11.4 Å². The fourth-order valence-corrected chi connectivity index (χ4v) is 2.18. The van der Waals surface area contributed by atoms with Crippen LogP contribution in [0.1, 0.15) is 26.7 Å². The minimum absolute atomic E-state index is 0. The molecule has 0 radical (unpaired) electrons. The molecule has 1 amide bonds. The standard InChI is InChI=1S/C15H22N2O2.ClH/c1-15(2,19-12-7-4-3-5-8-12)11-17-14(18)13-9-6-10-16-13;/h3-5,7-8,13,16H,6,9-11H2,1-2H3,(H,17,18);1H. The van der Waals surface area contributed by atoms with Crippen molar-refractivity contribution in [3.8, 4) is 5.75 Å². The lowest BCUT2D eigenvalue weighted by Gasteiger charge is -2.27. The predicted molar refractivity (Wildman–Crippen MR) is 82.4 cm³/mol. The molecule has 1 aliphatic rings. The van der Waals surface area contributed by atoms with Gasteiger partial charge in [-0.05, 0) is 45.4 Å². The molecule has 0 aliphatic carbocycles. The Hall–Kier alpha value is -1.26. The van der Waals surface area contributed by atoms with E-state index in [4.69, 9.17) is 4.74 Å². The maximum atomic E-state index is 11.9. The van der Waals surface area contributed by atoms with Crippen molar-refractivity contribution >= 4 is 18.3 Å². The molecule has 2 rings (SSSR count). The first kappa shape index (κ1) is 16.8. The lowest BCUT2D eigenvalue weighted by atomic mass is 10.1. The number of hydrogen-bond acceptors (Lipinski definition) is 3. The Morgan fingerprint density at radius 2 is 2.10 bits per heavy atom. The van der Waals surface area contributed by atoms with Crippen LogP contribution in [0.2, 0.25) is 0 Å². The van der Waals surface area contributed by atoms with Crippen LogP contribution in [0, 0.1) is 0 Å². The van der Waals surface area contributed by atoms with E-state index >= 15 is 0 Å². The third-order valence-corrected chi connectivity index (χ3v) is 3.20. The number of para-hydroxylation sites is 1. The van der Waals surface area contributed by atoms with E-state index < -0.39 is 5.60 Å². The molecule has 2 N–H and O–H groups in total. The highest BCUT2D eigenvalue weighted by atomic mass is 35.5. The molecule has 1 atom stereocenters. The molecule has 1 aliphatic heterocycles. The topological polar surface area (TPSA) is 50.4 Å². The summed E-state index contributed by atoms with van der Waals surface area (Å²) in [4.78, 5) is 11.9. The fraction of sp³-hybridized carbons (Fsp3) is 0.533. The van der Waals surface area contributed by atoms with Crippen molar-refractivity contribution in [1.29, 1.82) is 0 Å². The summed E-state index contributed by atoms with van der Waals surface area (Å²) >= 11 is 0. The SMILES string of the molecule is CC(C)(CNC(=O)C1CCCN1)Oc1ccccc1.Cl. The summed E-state index contributed by atoms with van der Waals surface area (Å²) in [5.74, 6) is 0.892. The van der Waals surface area contributed by atoms with Crippen LogP contribution in [-0.4, -0.2) is 30.6 Å². The number of hydrogen-bond donors (Lipinski definition) is 2.